The van der Waals surface area contributed by atoms with E-state index < -0.39 is 0 Å². The van der Waals surface area contributed by atoms with E-state index in [1.165, 1.54) is 0 Å². The van der Waals surface area contributed by atoms with Crippen molar-refractivity contribution in [1.82, 2.24) is 0 Å². The van der Waals surface area contributed by atoms with Crippen LogP contribution < -0.4 is 0 Å². The number of carbonyl (C=O) groups excluding carboxylic acids is 1. The Labute approximate surface area is 85.8 Å². The molecule has 0 heterocycles. The molecule has 0 aliphatic heterocycles. The van der Waals surface area contributed by atoms with Gasteiger partial charge in [0.25, 0.3) is 0 Å². The maximum atomic E-state index is 10.9. The lowest BCUT2D eigenvalue weighted by atomic mass is 10.3. The van der Waals surface area contributed by atoms with Gasteiger partial charge >= 0.3 is 0 Å². The summed E-state index contributed by atoms with van der Waals surface area (Å²) in [7, 11) is 0. The summed E-state index contributed by atoms with van der Waals surface area (Å²) in [6, 6.07) is 0. The van der Waals surface area contributed by atoms with Crippen molar-refractivity contribution in [2.24, 2.45) is 0 Å². The van der Waals surface area contributed by atoms with Crippen molar-refractivity contribution in [2.45, 2.75) is 45.1 Å². The first-order valence-electron chi connectivity index (χ1n) is 5.54. The fourth-order valence-electron chi connectivity index (χ4n) is 1.54. The highest BCUT2D eigenvalue weighted by atomic mass is 16.5. The minimum absolute atomic E-state index is 0.164. The van der Waals surface area contributed by atoms with Crippen molar-refractivity contribution in [3.8, 4) is 0 Å². The largest absolute Gasteiger partial charge is 0.379 e. The summed E-state index contributed by atoms with van der Waals surface area (Å²) in [5.41, 5.74) is 0. The molecule has 1 fully saturated rings. The Morgan fingerprint density at radius 3 is 2.86 bits per heavy atom. The van der Waals surface area contributed by atoms with Crippen LogP contribution in [0.15, 0.2) is 0 Å². The van der Waals surface area contributed by atoms with Crippen LogP contribution >= 0.6 is 0 Å². The molecular formula is C11H20O3. The highest BCUT2D eigenvalue weighted by Gasteiger charge is 2.22. The zero-order valence-corrected chi connectivity index (χ0v) is 8.96. The molecule has 1 rings (SSSR count). The standard InChI is InChI=1S/C11H20O3/c1-2-3-6-13-7-8-14-11-5-4-10(12)9-11/h11H,2-9H2,1H3. The quantitative estimate of drug-likeness (QED) is 0.589. The van der Waals surface area contributed by atoms with Crippen LogP contribution in [0.2, 0.25) is 0 Å². The molecule has 3 nitrogen and oxygen atoms in total. The van der Waals surface area contributed by atoms with E-state index in [-0.39, 0.29) is 6.10 Å². The highest BCUT2D eigenvalue weighted by molar-refractivity contribution is 5.81. The van der Waals surface area contributed by atoms with Crippen molar-refractivity contribution in [2.75, 3.05) is 19.8 Å². The number of unbranched alkanes of at least 4 members (excludes halogenated alkanes) is 1. The summed E-state index contributed by atoms with van der Waals surface area (Å²) in [4.78, 5) is 10.9. The molecule has 0 bridgehead atoms. The summed E-state index contributed by atoms with van der Waals surface area (Å²) in [6.45, 7) is 4.25. The van der Waals surface area contributed by atoms with E-state index in [2.05, 4.69) is 6.92 Å². The third-order valence-corrected chi connectivity index (χ3v) is 2.42. The molecule has 14 heavy (non-hydrogen) atoms. The molecule has 3 heteroatoms. The molecule has 0 aromatic heterocycles. The molecule has 0 aromatic rings. The maximum Gasteiger partial charge on any atom is 0.135 e. The second kappa shape index (κ2) is 6.96. The van der Waals surface area contributed by atoms with Crippen molar-refractivity contribution in [3.05, 3.63) is 0 Å². The van der Waals surface area contributed by atoms with Crippen LogP contribution in [-0.2, 0) is 14.3 Å². The molecule has 0 amide bonds. The van der Waals surface area contributed by atoms with Crippen LogP contribution in [0.3, 0.4) is 0 Å². The second-order valence-corrected chi connectivity index (χ2v) is 3.74. The predicted octanol–water partition coefficient (Wildman–Crippen LogP) is 1.94. The smallest absolute Gasteiger partial charge is 0.135 e. The van der Waals surface area contributed by atoms with Crippen LogP contribution in [-0.4, -0.2) is 31.7 Å². The van der Waals surface area contributed by atoms with E-state index in [0.29, 0.717) is 31.8 Å². The molecule has 1 aliphatic rings. The molecule has 1 atom stereocenters. The topological polar surface area (TPSA) is 35.5 Å². The molecule has 0 N–H and O–H groups in total. The third-order valence-electron chi connectivity index (χ3n) is 2.42. The van der Waals surface area contributed by atoms with Gasteiger partial charge in [-0.2, -0.15) is 0 Å². The van der Waals surface area contributed by atoms with Gasteiger partial charge in [-0.25, -0.2) is 0 Å². The summed E-state index contributed by atoms with van der Waals surface area (Å²) in [6.07, 6.45) is 4.64. The summed E-state index contributed by atoms with van der Waals surface area (Å²) in [5.74, 6) is 0.335. The Kier molecular flexibility index (Phi) is 5.80. The Morgan fingerprint density at radius 2 is 2.21 bits per heavy atom. The number of carbonyl (C=O) groups is 1. The first-order valence-corrected chi connectivity index (χ1v) is 5.54. The second-order valence-electron chi connectivity index (χ2n) is 3.74. The van der Waals surface area contributed by atoms with E-state index >= 15 is 0 Å². The van der Waals surface area contributed by atoms with Crippen LogP contribution in [0.4, 0.5) is 0 Å². The maximum absolute atomic E-state index is 10.9. The van der Waals surface area contributed by atoms with E-state index in [0.717, 1.165) is 25.9 Å². The molecule has 0 aromatic carbocycles. The van der Waals surface area contributed by atoms with E-state index in [9.17, 15) is 4.79 Å². The van der Waals surface area contributed by atoms with E-state index in [4.69, 9.17) is 9.47 Å². The van der Waals surface area contributed by atoms with Crippen LogP contribution in [0.25, 0.3) is 0 Å². The summed E-state index contributed by atoms with van der Waals surface area (Å²) >= 11 is 0. The minimum Gasteiger partial charge on any atom is -0.379 e. The van der Waals surface area contributed by atoms with Gasteiger partial charge in [0.2, 0.25) is 0 Å². The number of hydrogen-bond acceptors (Lipinski definition) is 3. The Hall–Kier alpha value is -0.410. The summed E-state index contributed by atoms with van der Waals surface area (Å²) in [5, 5.41) is 0. The van der Waals surface area contributed by atoms with Gasteiger partial charge in [0.15, 0.2) is 0 Å². The Bertz CT molecular complexity index is 168. The lowest BCUT2D eigenvalue weighted by molar-refractivity contribution is -0.118. The molecule has 0 radical (unpaired) electrons. The zero-order chi connectivity index (χ0) is 10.2. The SMILES string of the molecule is CCCCOCCOC1CCC(=O)C1. The van der Waals surface area contributed by atoms with E-state index in [1.807, 2.05) is 0 Å². The van der Waals surface area contributed by atoms with Crippen molar-refractivity contribution in [1.29, 1.82) is 0 Å². The van der Waals surface area contributed by atoms with Crippen LogP contribution in [0.1, 0.15) is 39.0 Å². The number of rotatable bonds is 7. The van der Waals surface area contributed by atoms with Gasteiger partial charge in [-0.05, 0) is 12.8 Å². The normalized spacial score (nSPS) is 21.8. The van der Waals surface area contributed by atoms with Crippen LogP contribution in [0, 0.1) is 0 Å². The average Bonchev–Trinajstić information content (AvgIpc) is 2.58. The lowest BCUT2D eigenvalue weighted by Gasteiger charge is -2.10. The van der Waals surface area contributed by atoms with Gasteiger partial charge < -0.3 is 9.47 Å². The molecule has 0 saturated heterocycles. The number of ether oxygens (including phenoxy) is 2. The predicted molar refractivity (Wildman–Crippen MR) is 54.3 cm³/mol. The first-order chi connectivity index (χ1) is 6.83. The van der Waals surface area contributed by atoms with Gasteiger partial charge in [0.05, 0.1) is 19.3 Å². The molecule has 82 valence electrons. The van der Waals surface area contributed by atoms with Crippen molar-refractivity contribution >= 4 is 5.78 Å². The lowest BCUT2D eigenvalue weighted by Crippen LogP contribution is -2.13. The van der Waals surface area contributed by atoms with E-state index in [1.54, 1.807) is 0 Å². The Balaban J connectivity index is 1.86. The molecule has 1 unspecified atom stereocenters. The number of Topliss-reactive ketones (excluding diaryl/α,β-unsaturated/α-hetero) is 1. The van der Waals surface area contributed by atoms with Gasteiger partial charge in [0, 0.05) is 19.4 Å². The average molecular weight is 200 g/mol. The number of hydrogen-bond donors (Lipinski definition) is 0. The fraction of sp³-hybridized carbons (Fsp3) is 0.909. The highest BCUT2D eigenvalue weighted by Crippen LogP contribution is 2.17. The Morgan fingerprint density at radius 1 is 1.36 bits per heavy atom. The van der Waals surface area contributed by atoms with Crippen molar-refractivity contribution in [3.63, 3.8) is 0 Å². The monoisotopic (exact) mass is 200 g/mol. The third kappa shape index (κ3) is 4.72. The van der Waals surface area contributed by atoms with Gasteiger partial charge in [0.1, 0.15) is 5.78 Å². The zero-order valence-electron chi connectivity index (χ0n) is 8.96. The van der Waals surface area contributed by atoms with Crippen molar-refractivity contribution < 1.29 is 14.3 Å². The first kappa shape index (κ1) is 11.7. The van der Waals surface area contributed by atoms with Gasteiger partial charge in [-0.3, -0.25) is 4.79 Å². The summed E-state index contributed by atoms with van der Waals surface area (Å²) < 4.78 is 10.9. The molecule has 1 saturated carbocycles. The minimum atomic E-state index is 0.164. The van der Waals surface area contributed by atoms with Gasteiger partial charge in [-0.1, -0.05) is 13.3 Å². The molecule has 0 spiro atoms. The molecule has 1 aliphatic carbocycles. The van der Waals surface area contributed by atoms with Crippen LogP contribution in [0.5, 0.6) is 0 Å². The van der Waals surface area contributed by atoms with Gasteiger partial charge in [-0.15, -0.1) is 0 Å². The fourth-order valence-corrected chi connectivity index (χ4v) is 1.54. The number of ketones is 1. The molecular weight excluding hydrogens is 180 g/mol.